The second-order valence-electron chi connectivity index (χ2n) is 8.58. The Morgan fingerprint density at radius 1 is 1.13 bits per heavy atom. The van der Waals surface area contributed by atoms with E-state index in [1.807, 2.05) is 43.1 Å². The highest BCUT2D eigenvalue weighted by molar-refractivity contribution is 5.96. The number of aromatic nitrogens is 5. The molecule has 1 spiro atoms. The molecule has 3 N–H and O–H groups in total. The van der Waals surface area contributed by atoms with Crippen molar-refractivity contribution < 1.29 is 4.74 Å². The van der Waals surface area contributed by atoms with Gasteiger partial charge in [-0.3, -0.25) is 4.40 Å². The third-order valence-electron chi connectivity index (χ3n) is 7.05. The number of H-pyrrole nitrogens is 1. The molecule has 6 heterocycles. The Kier molecular flexibility index (Phi) is 3.88. The molecule has 6 rings (SSSR count). The third-order valence-corrected chi connectivity index (χ3v) is 7.05. The molecule has 0 aliphatic carbocycles. The van der Waals surface area contributed by atoms with Crippen LogP contribution in [0.4, 0.5) is 5.95 Å². The zero-order valence-electron chi connectivity index (χ0n) is 17.0. The number of rotatable bonds is 2. The number of nitrogens with zero attached hydrogens (tertiary/aromatic N) is 5. The quantitative estimate of drug-likeness (QED) is 0.534. The van der Waals surface area contributed by atoms with Crippen molar-refractivity contribution in [3.63, 3.8) is 0 Å². The van der Waals surface area contributed by atoms with E-state index in [1.165, 1.54) is 0 Å². The van der Waals surface area contributed by atoms with Gasteiger partial charge in [0.1, 0.15) is 11.3 Å². The summed E-state index contributed by atoms with van der Waals surface area (Å²) in [5.41, 5.74) is 10.4. The van der Waals surface area contributed by atoms with Crippen LogP contribution in [0.3, 0.4) is 0 Å². The molecule has 2 aliphatic rings. The van der Waals surface area contributed by atoms with Gasteiger partial charge in [-0.1, -0.05) is 0 Å². The van der Waals surface area contributed by atoms with Crippen LogP contribution < -0.4 is 10.6 Å². The first kappa shape index (κ1) is 17.9. The number of hydrogen-bond donors (Lipinski definition) is 2. The zero-order chi connectivity index (χ0) is 20.3. The van der Waals surface area contributed by atoms with E-state index in [0.717, 1.165) is 66.3 Å². The van der Waals surface area contributed by atoms with Crippen LogP contribution in [0.2, 0.25) is 0 Å². The minimum Gasteiger partial charge on any atom is -0.376 e. The number of pyridine rings is 1. The van der Waals surface area contributed by atoms with Gasteiger partial charge in [0.25, 0.3) is 0 Å². The Hall–Kier alpha value is -2.97. The average Bonchev–Trinajstić information content (AvgIpc) is 3.51. The van der Waals surface area contributed by atoms with Gasteiger partial charge in [-0.25, -0.2) is 15.0 Å². The lowest BCUT2D eigenvalue weighted by molar-refractivity contribution is 0.0973. The molecule has 2 saturated heterocycles. The molecule has 30 heavy (non-hydrogen) atoms. The number of anilines is 1. The lowest BCUT2D eigenvalue weighted by Crippen LogP contribution is -2.51. The summed E-state index contributed by atoms with van der Waals surface area (Å²) < 4.78 is 7.97. The lowest BCUT2D eigenvalue weighted by atomic mass is 9.73. The Labute approximate surface area is 174 Å². The fraction of sp³-hybridized carbons (Fsp3) is 0.409. The Balaban J connectivity index is 1.36. The maximum Gasteiger partial charge on any atom is 0.211 e. The van der Waals surface area contributed by atoms with Crippen molar-refractivity contribution in [3.8, 4) is 11.1 Å². The summed E-state index contributed by atoms with van der Waals surface area (Å²) in [5, 5.41) is 1.07. The predicted octanol–water partition coefficient (Wildman–Crippen LogP) is 2.61. The lowest BCUT2D eigenvalue weighted by Gasteiger charge is -2.41. The van der Waals surface area contributed by atoms with Gasteiger partial charge in [0.05, 0.1) is 12.7 Å². The standard InChI is InChI=1S/C22H25N7O/c1-14-18(23)22(13-30-14)4-9-28(10-5-22)21-27-12-17(20-26-8-11-29(20)21)15-2-6-24-19-16(15)3-7-25-19/h2-3,6-8,11-12,14,18H,4-5,9-10,13,23H2,1H3,(H,24,25)/t14-,18+/m0/s1. The SMILES string of the molecule is C[C@@H]1OCC2(CCN(c3ncc(-c4ccnc5[nH]ccc45)c4nccn34)CC2)[C@@H]1N. The first-order valence-corrected chi connectivity index (χ1v) is 10.5. The molecule has 0 aromatic carbocycles. The van der Waals surface area contributed by atoms with Crippen LogP contribution in [0, 0.1) is 5.41 Å². The molecule has 4 aromatic rings. The topological polar surface area (TPSA) is 97.4 Å². The summed E-state index contributed by atoms with van der Waals surface area (Å²) in [6.45, 7) is 4.69. The van der Waals surface area contributed by atoms with Crippen molar-refractivity contribution in [2.45, 2.75) is 31.9 Å². The molecular weight excluding hydrogens is 378 g/mol. The van der Waals surface area contributed by atoms with Gasteiger partial charge in [0.15, 0.2) is 0 Å². The molecule has 0 amide bonds. The zero-order valence-corrected chi connectivity index (χ0v) is 17.0. The van der Waals surface area contributed by atoms with Gasteiger partial charge in [-0.05, 0) is 37.5 Å². The van der Waals surface area contributed by atoms with E-state index in [0.29, 0.717) is 0 Å². The van der Waals surface area contributed by atoms with E-state index in [1.54, 1.807) is 0 Å². The Bertz CT molecular complexity index is 1220. The molecule has 8 heteroatoms. The summed E-state index contributed by atoms with van der Waals surface area (Å²) in [4.78, 5) is 19.5. The average molecular weight is 403 g/mol. The number of fused-ring (bicyclic) bond motifs is 2. The Morgan fingerprint density at radius 3 is 2.80 bits per heavy atom. The predicted molar refractivity (Wildman–Crippen MR) is 115 cm³/mol. The van der Waals surface area contributed by atoms with Crippen LogP contribution in [-0.4, -0.2) is 56.2 Å². The molecule has 2 fully saturated rings. The number of ether oxygens (including phenoxy) is 1. The van der Waals surface area contributed by atoms with Crippen LogP contribution in [0.15, 0.2) is 43.1 Å². The van der Waals surface area contributed by atoms with Gasteiger partial charge in [-0.15, -0.1) is 0 Å². The molecule has 0 unspecified atom stereocenters. The summed E-state index contributed by atoms with van der Waals surface area (Å²) in [5.74, 6) is 0.931. The van der Waals surface area contributed by atoms with E-state index >= 15 is 0 Å². The number of hydrogen-bond acceptors (Lipinski definition) is 6. The van der Waals surface area contributed by atoms with E-state index in [9.17, 15) is 0 Å². The number of imidazole rings is 1. The first-order valence-electron chi connectivity index (χ1n) is 10.5. The monoisotopic (exact) mass is 403 g/mol. The molecule has 2 atom stereocenters. The highest BCUT2D eigenvalue weighted by Crippen LogP contribution is 2.42. The summed E-state index contributed by atoms with van der Waals surface area (Å²) >= 11 is 0. The fourth-order valence-corrected chi connectivity index (χ4v) is 5.15. The van der Waals surface area contributed by atoms with Crippen LogP contribution in [0.25, 0.3) is 27.8 Å². The summed E-state index contributed by atoms with van der Waals surface area (Å²) in [6.07, 6.45) is 11.7. The largest absolute Gasteiger partial charge is 0.376 e. The summed E-state index contributed by atoms with van der Waals surface area (Å²) in [7, 11) is 0. The van der Waals surface area contributed by atoms with Gasteiger partial charge < -0.3 is 20.4 Å². The number of aromatic amines is 1. The van der Waals surface area contributed by atoms with Crippen molar-refractivity contribution in [1.82, 2.24) is 24.3 Å². The maximum atomic E-state index is 6.48. The van der Waals surface area contributed by atoms with E-state index < -0.39 is 0 Å². The van der Waals surface area contributed by atoms with Gasteiger partial charge >= 0.3 is 0 Å². The molecule has 8 nitrogen and oxygen atoms in total. The van der Waals surface area contributed by atoms with E-state index in [2.05, 4.69) is 31.2 Å². The normalized spacial score (nSPS) is 23.7. The fourth-order valence-electron chi connectivity index (χ4n) is 5.15. The second-order valence-corrected chi connectivity index (χ2v) is 8.58. The van der Waals surface area contributed by atoms with Crippen LogP contribution in [0.1, 0.15) is 19.8 Å². The molecule has 4 aromatic heterocycles. The number of nitrogens with one attached hydrogen (secondary N) is 1. The number of nitrogens with two attached hydrogens (primary N) is 1. The van der Waals surface area contributed by atoms with Gasteiger partial charge in [0.2, 0.25) is 5.95 Å². The maximum absolute atomic E-state index is 6.48. The minimum absolute atomic E-state index is 0.0981. The van der Waals surface area contributed by atoms with Crippen LogP contribution >= 0.6 is 0 Å². The number of piperidine rings is 1. The van der Waals surface area contributed by atoms with Crippen molar-refractivity contribution in [3.05, 3.63) is 43.1 Å². The van der Waals surface area contributed by atoms with Gasteiger partial charge in [-0.2, -0.15) is 0 Å². The minimum atomic E-state index is 0.0981. The van der Waals surface area contributed by atoms with Crippen molar-refractivity contribution in [2.24, 2.45) is 11.1 Å². The van der Waals surface area contributed by atoms with Crippen LogP contribution in [-0.2, 0) is 4.74 Å². The highest BCUT2D eigenvalue weighted by Gasteiger charge is 2.47. The smallest absolute Gasteiger partial charge is 0.211 e. The molecule has 0 bridgehead atoms. The molecule has 154 valence electrons. The van der Waals surface area contributed by atoms with E-state index in [4.69, 9.17) is 15.5 Å². The third kappa shape index (κ3) is 2.50. The highest BCUT2D eigenvalue weighted by atomic mass is 16.5. The molecule has 0 radical (unpaired) electrons. The molecule has 0 saturated carbocycles. The van der Waals surface area contributed by atoms with Crippen LogP contribution in [0.5, 0.6) is 0 Å². The first-order chi connectivity index (χ1) is 14.7. The second kappa shape index (κ2) is 6.52. The van der Waals surface area contributed by atoms with Crippen molar-refractivity contribution >= 4 is 22.6 Å². The molecular formula is C22H25N7O. The Morgan fingerprint density at radius 2 is 2.00 bits per heavy atom. The van der Waals surface area contributed by atoms with E-state index in [-0.39, 0.29) is 17.6 Å². The van der Waals surface area contributed by atoms with Crippen molar-refractivity contribution in [1.29, 1.82) is 0 Å². The molecule has 2 aliphatic heterocycles. The van der Waals surface area contributed by atoms with Crippen molar-refractivity contribution in [2.75, 3.05) is 24.6 Å². The summed E-state index contributed by atoms with van der Waals surface area (Å²) in [6, 6.07) is 4.18. The van der Waals surface area contributed by atoms with Gasteiger partial charge in [0, 0.05) is 66.5 Å².